The van der Waals surface area contributed by atoms with Gasteiger partial charge in [0.15, 0.2) is 5.96 Å². The van der Waals surface area contributed by atoms with Crippen LogP contribution in [-0.4, -0.2) is 19.6 Å². The van der Waals surface area contributed by atoms with Crippen LogP contribution >= 0.6 is 0 Å². The summed E-state index contributed by atoms with van der Waals surface area (Å²) in [5.74, 6) is 1.20. The molecule has 0 heterocycles. The highest BCUT2D eigenvalue weighted by Crippen LogP contribution is 1.96. The molecule has 1 unspecified atom stereocenters. The number of nitrogens with one attached hydrogen (secondary N) is 1. The molecular weight excluding hydrogens is 126 g/mol. The third kappa shape index (κ3) is 4.18. The van der Waals surface area contributed by atoms with Crippen LogP contribution in [0.25, 0.3) is 0 Å². The Morgan fingerprint density at radius 3 is 2.70 bits per heavy atom. The topological polar surface area (TPSA) is 50.4 Å². The van der Waals surface area contributed by atoms with Gasteiger partial charge in [0, 0.05) is 13.6 Å². The fourth-order valence-electron chi connectivity index (χ4n) is 0.502. The molecule has 0 aliphatic heterocycles. The molecule has 0 saturated carbocycles. The third-order valence-electron chi connectivity index (χ3n) is 1.57. The number of nitrogens with zero attached hydrogens (tertiary/aromatic N) is 1. The summed E-state index contributed by atoms with van der Waals surface area (Å²) in [6.45, 7) is 5.25. The van der Waals surface area contributed by atoms with Gasteiger partial charge in [-0.2, -0.15) is 0 Å². The molecule has 0 saturated heterocycles. The van der Waals surface area contributed by atoms with Gasteiger partial charge in [-0.3, -0.25) is 4.99 Å². The van der Waals surface area contributed by atoms with Crippen molar-refractivity contribution < 1.29 is 0 Å². The summed E-state index contributed by atoms with van der Waals surface area (Å²) in [5.41, 5.74) is 5.41. The summed E-state index contributed by atoms with van der Waals surface area (Å²) < 4.78 is 0. The second-order valence-electron chi connectivity index (χ2n) is 2.50. The van der Waals surface area contributed by atoms with Crippen molar-refractivity contribution in [2.45, 2.75) is 20.3 Å². The molecule has 3 nitrogen and oxygen atoms in total. The third-order valence-corrected chi connectivity index (χ3v) is 1.57. The van der Waals surface area contributed by atoms with Gasteiger partial charge in [0.1, 0.15) is 0 Å². The average molecular weight is 143 g/mol. The minimum atomic E-state index is 0.528. The summed E-state index contributed by atoms with van der Waals surface area (Å²) in [6, 6.07) is 0. The zero-order valence-corrected chi connectivity index (χ0v) is 7.02. The van der Waals surface area contributed by atoms with Gasteiger partial charge in [-0.05, 0) is 5.92 Å². The highest BCUT2D eigenvalue weighted by molar-refractivity contribution is 5.77. The van der Waals surface area contributed by atoms with Gasteiger partial charge in [-0.1, -0.05) is 20.3 Å². The van der Waals surface area contributed by atoms with Crippen LogP contribution in [0, 0.1) is 5.92 Å². The van der Waals surface area contributed by atoms with E-state index < -0.39 is 0 Å². The summed E-state index contributed by atoms with van der Waals surface area (Å²) >= 11 is 0. The lowest BCUT2D eigenvalue weighted by Crippen LogP contribution is -2.34. The molecule has 60 valence electrons. The second-order valence-corrected chi connectivity index (χ2v) is 2.50. The van der Waals surface area contributed by atoms with E-state index in [1.807, 2.05) is 0 Å². The molecule has 0 amide bonds. The molecular formula is C7H17N3. The molecule has 0 aromatic rings. The van der Waals surface area contributed by atoms with E-state index in [1.165, 1.54) is 6.42 Å². The predicted molar refractivity (Wildman–Crippen MR) is 45.0 cm³/mol. The monoisotopic (exact) mass is 143 g/mol. The molecule has 3 N–H and O–H groups in total. The van der Waals surface area contributed by atoms with Gasteiger partial charge in [0.05, 0.1) is 0 Å². The highest BCUT2D eigenvalue weighted by atomic mass is 15.1. The second kappa shape index (κ2) is 5.09. The number of nitrogens with two attached hydrogens (primary N) is 1. The zero-order chi connectivity index (χ0) is 7.98. The zero-order valence-electron chi connectivity index (χ0n) is 7.02. The smallest absolute Gasteiger partial charge is 0.188 e. The molecule has 0 radical (unpaired) electrons. The fraction of sp³-hybridized carbons (Fsp3) is 0.857. The lowest BCUT2D eigenvalue weighted by atomic mass is 10.1. The Bertz CT molecular complexity index is 109. The van der Waals surface area contributed by atoms with Crippen molar-refractivity contribution in [2.75, 3.05) is 13.6 Å². The van der Waals surface area contributed by atoms with Gasteiger partial charge in [-0.15, -0.1) is 0 Å². The number of hydrogen-bond acceptors (Lipinski definition) is 1. The van der Waals surface area contributed by atoms with Crippen LogP contribution in [0.4, 0.5) is 0 Å². The maximum absolute atomic E-state index is 5.41. The van der Waals surface area contributed by atoms with E-state index in [4.69, 9.17) is 5.73 Å². The minimum absolute atomic E-state index is 0.528. The molecule has 0 aliphatic rings. The molecule has 0 fully saturated rings. The van der Waals surface area contributed by atoms with Crippen LogP contribution in [0.1, 0.15) is 20.3 Å². The molecule has 0 spiro atoms. The van der Waals surface area contributed by atoms with Crippen LogP contribution in [-0.2, 0) is 0 Å². The van der Waals surface area contributed by atoms with Crippen molar-refractivity contribution in [3.05, 3.63) is 0 Å². The van der Waals surface area contributed by atoms with Crippen LogP contribution in [0.5, 0.6) is 0 Å². The molecule has 0 rings (SSSR count). The van der Waals surface area contributed by atoms with Crippen molar-refractivity contribution in [1.29, 1.82) is 0 Å². The lowest BCUT2D eigenvalue weighted by molar-refractivity contribution is 0.547. The van der Waals surface area contributed by atoms with E-state index in [0.29, 0.717) is 11.9 Å². The summed E-state index contributed by atoms with van der Waals surface area (Å²) in [7, 11) is 1.68. The first-order valence-corrected chi connectivity index (χ1v) is 3.66. The van der Waals surface area contributed by atoms with E-state index >= 15 is 0 Å². The fourth-order valence-corrected chi connectivity index (χ4v) is 0.502. The van der Waals surface area contributed by atoms with E-state index in [0.717, 1.165) is 6.54 Å². The van der Waals surface area contributed by atoms with Gasteiger partial charge < -0.3 is 11.1 Å². The molecule has 3 heteroatoms. The average Bonchev–Trinajstić information content (AvgIpc) is 1.99. The van der Waals surface area contributed by atoms with Crippen molar-refractivity contribution in [1.82, 2.24) is 5.32 Å². The molecule has 0 aliphatic carbocycles. The van der Waals surface area contributed by atoms with Crippen LogP contribution in [0.15, 0.2) is 4.99 Å². The van der Waals surface area contributed by atoms with Gasteiger partial charge in [0.2, 0.25) is 0 Å². The molecule has 0 bridgehead atoms. The Balaban J connectivity index is 3.35. The highest BCUT2D eigenvalue weighted by Gasteiger charge is 1.96. The first-order chi connectivity index (χ1) is 4.70. The number of aliphatic imine (C=N–C) groups is 1. The first kappa shape index (κ1) is 9.27. The molecule has 0 aromatic carbocycles. The predicted octanol–water partition coefficient (Wildman–Crippen LogP) is 0.567. The largest absolute Gasteiger partial charge is 0.370 e. The summed E-state index contributed by atoms with van der Waals surface area (Å²) in [4.78, 5) is 3.78. The minimum Gasteiger partial charge on any atom is -0.370 e. The normalized spacial score (nSPS) is 14.9. The molecule has 1 atom stereocenters. The van der Waals surface area contributed by atoms with Gasteiger partial charge >= 0.3 is 0 Å². The van der Waals surface area contributed by atoms with Crippen molar-refractivity contribution in [3.63, 3.8) is 0 Å². The van der Waals surface area contributed by atoms with Crippen LogP contribution in [0.3, 0.4) is 0 Å². The van der Waals surface area contributed by atoms with Crippen molar-refractivity contribution in [3.8, 4) is 0 Å². The standard InChI is InChI=1S/C7H17N3/c1-4-6(2)5-10-7(8)9-3/h6H,4-5H2,1-3H3,(H3,8,9,10). The maximum atomic E-state index is 5.41. The number of rotatable bonds is 3. The van der Waals surface area contributed by atoms with E-state index in [-0.39, 0.29) is 0 Å². The van der Waals surface area contributed by atoms with Crippen molar-refractivity contribution in [2.24, 2.45) is 16.6 Å². The SMILES string of the molecule is CCC(C)CN/C(N)=N\C. The van der Waals surface area contributed by atoms with E-state index in [9.17, 15) is 0 Å². The number of guanidine groups is 1. The van der Waals surface area contributed by atoms with E-state index in [2.05, 4.69) is 24.2 Å². The Kier molecular flexibility index (Phi) is 4.72. The van der Waals surface area contributed by atoms with E-state index in [1.54, 1.807) is 7.05 Å². The first-order valence-electron chi connectivity index (χ1n) is 3.66. The maximum Gasteiger partial charge on any atom is 0.188 e. The van der Waals surface area contributed by atoms with Crippen LogP contribution in [0.2, 0.25) is 0 Å². The van der Waals surface area contributed by atoms with Gasteiger partial charge in [-0.25, -0.2) is 0 Å². The Morgan fingerprint density at radius 2 is 2.30 bits per heavy atom. The Labute approximate surface area is 62.7 Å². The quantitative estimate of drug-likeness (QED) is 0.448. The summed E-state index contributed by atoms with van der Waals surface area (Å²) in [5, 5.41) is 3.01. The summed E-state index contributed by atoms with van der Waals surface area (Å²) in [6.07, 6.45) is 1.17. The lowest BCUT2D eigenvalue weighted by Gasteiger charge is -2.09. The Morgan fingerprint density at radius 1 is 1.70 bits per heavy atom. The Hall–Kier alpha value is -0.730. The molecule has 0 aromatic heterocycles. The van der Waals surface area contributed by atoms with Crippen LogP contribution < -0.4 is 11.1 Å². The number of hydrogen-bond donors (Lipinski definition) is 2. The van der Waals surface area contributed by atoms with Gasteiger partial charge in [0.25, 0.3) is 0 Å². The van der Waals surface area contributed by atoms with Crippen molar-refractivity contribution >= 4 is 5.96 Å². The molecule has 10 heavy (non-hydrogen) atoms.